The Morgan fingerprint density at radius 1 is 0.816 bits per heavy atom. The molecule has 0 aromatic heterocycles. The molecule has 1 saturated carbocycles. The Kier molecular flexibility index (Phi) is 8.61. The van der Waals surface area contributed by atoms with Crippen LogP contribution in [0.1, 0.15) is 24.0 Å². The maximum atomic E-state index is 12.5. The lowest BCUT2D eigenvalue weighted by molar-refractivity contribution is -0.206. The Hall–Kier alpha value is -4.55. The van der Waals surface area contributed by atoms with Crippen molar-refractivity contribution >= 4 is 30.1 Å². The lowest BCUT2D eigenvalue weighted by atomic mass is 9.79. The second-order valence-electron chi connectivity index (χ2n) is 8.54. The number of hydrogen-bond donors (Lipinski definition) is 6. The number of aromatic hydroxyl groups is 4. The van der Waals surface area contributed by atoms with E-state index in [4.69, 9.17) is 9.47 Å². The van der Waals surface area contributed by atoms with Crippen LogP contribution in [0.3, 0.4) is 0 Å². The molecule has 0 spiro atoms. The number of aliphatic hydroxyl groups excluding tert-OH is 1. The molecule has 2 aromatic carbocycles. The van der Waals surface area contributed by atoms with E-state index in [1.807, 2.05) is 0 Å². The molecule has 1 aliphatic carbocycles. The van der Waals surface area contributed by atoms with Crippen LogP contribution in [-0.4, -0.2) is 79.6 Å². The Bertz CT molecular complexity index is 1270. The van der Waals surface area contributed by atoms with E-state index >= 15 is 0 Å². The maximum absolute atomic E-state index is 12.5. The number of hydrogen-bond acceptors (Lipinski definition) is 12. The summed E-state index contributed by atoms with van der Waals surface area (Å²) in [5, 5.41) is 59.2. The highest BCUT2D eigenvalue weighted by Crippen LogP contribution is 2.34. The minimum Gasteiger partial charge on any atom is -0.504 e. The van der Waals surface area contributed by atoms with E-state index in [1.54, 1.807) is 0 Å². The topological polar surface area (TPSA) is 200 Å². The standard InChI is InChI=1S/C26H26O12/c1-36-25(34)26(35)12-20(31)24(38-23(33)9-5-15-3-7-17(28)19(30)11-15)21(13-26)37-22(32)8-4-14-2-6-16(27)18(29)10-14/h2-11,20-21,24,27-31,35H,12-13H2,1H3/b8-4+,9-5+/t20-,21-,24+,26-/m0/s1. The van der Waals surface area contributed by atoms with Crippen LogP contribution in [0.15, 0.2) is 48.6 Å². The third-order valence-corrected chi connectivity index (χ3v) is 5.74. The normalized spacial score (nSPS) is 23.3. The molecule has 0 saturated heterocycles. The first-order chi connectivity index (χ1) is 17.9. The fourth-order valence-electron chi connectivity index (χ4n) is 3.84. The van der Waals surface area contributed by atoms with Gasteiger partial charge in [-0.05, 0) is 47.5 Å². The van der Waals surface area contributed by atoms with Gasteiger partial charge < -0.3 is 44.8 Å². The van der Waals surface area contributed by atoms with E-state index in [-0.39, 0.29) is 11.5 Å². The highest BCUT2D eigenvalue weighted by Gasteiger charge is 2.52. The van der Waals surface area contributed by atoms with Crippen LogP contribution in [0.25, 0.3) is 12.2 Å². The predicted octanol–water partition coefficient (Wildman–Crippen LogP) is 1.12. The van der Waals surface area contributed by atoms with Crippen LogP contribution in [0, 0.1) is 0 Å². The van der Waals surface area contributed by atoms with Crippen molar-refractivity contribution in [2.75, 3.05) is 7.11 Å². The summed E-state index contributed by atoms with van der Waals surface area (Å²) in [5.41, 5.74) is -1.55. The maximum Gasteiger partial charge on any atom is 0.338 e. The summed E-state index contributed by atoms with van der Waals surface area (Å²) in [6.45, 7) is 0. The molecule has 0 aliphatic heterocycles. The smallest absolute Gasteiger partial charge is 0.338 e. The number of carbonyl (C=O) groups is 3. The molecule has 202 valence electrons. The molecule has 0 bridgehead atoms. The van der Waals surface area contributed by atoms with Gasteiger partial charge in [0.1, 0.15) is 6.10 Å². The Morgan fingerprint density at radius 2 is 1.32 bits per heavy atom. The summed E-state index contributed by atoms with van der Waals surface area (Å²) in [6.07, 6.45) is -1.24. The van der Waals surface area contributed by atoms with Gasteiger partial charge in [0, 0.05) is 25.0 Å². The Labute approximate surface area is 216 Å². The molecular weight excluding hydrogens is 504 g/mol. The molecule has 38 heavy (non-hydrogen) atoms. The molecule has 0 heterocycles. The highest BCUT2D eigenvalue weighted by atomic mass is 16.6. The van der Waals surface area contributed by atoms with Crippen molar-refractivity contribution in [1.29, 1.82) is 0 Å². The first-order valence-corrected chi connectivity index (χ1v) is 11.2. The first-order valence-electron chi connectivity index (χ1n) is 11.2. The summed E-state index contributed by atoms with van der Waals surface area (Å²) >= 11 is 0. The summed E-state index contributed by atoms with van der Waals surface area (Å²) < 4.78 is 15.2. The molecule has 0 radical (unpaired) electrons. The minimum absolute atomic E-state index is 0.334. The molecule has 1 fully saturated rings. The van der Waals surface area contributed by atoms with Crippen molar-refractivity contribution in [2.45, 2.75) is 36.8 Å². The van der Waals surface area contributed by atoms with Gasteiger partial charge in [0.2, 0.25) is 0 Å². The number of ether oxygens (including phenoxy) is 3. The van der Waals surface area contributed by atoms with E-state index in [0.29, 0.717) is 11.1 Å². The second-order valence-corrected chi connectivity index (χ2v) is 8.54. The van der Waals surface area contributed by atoms with E-state index in [9.17, 15) is 45.0 Å². The summed E-state index contributed by atoms with van der Waals surface area (Å²) in [7, 11) is 1.03. The van der Waals surface area contributed by atoms with Gasteiger partial charge in [-0.25, -0.2) is 14.4 Å². The van der Waals surface area contributed by atoms with Gasteiger partial charge in [0.05, 0.1) is 13.2 Å². The SMILES string of the molecule is COC(=O)[C@@]1(O)C[C@H](OC(=O)/C=C/c2ccc(O)c(O)c2)[C@H](OC(=O)/C=C/c2ccc(O)c(O)c2)[C@@H](O)C1. The van der Waals surface area contributed by atoms with Gasteiger partial charge >= 0.3 is 17.9 Å². The van der Waals surface area contributed by atoms with E-state index in [0.717, 1.165) is 19.3 Å². The molecule has 1 aliphatic rings. The average molecular weight is 530 g/mol. The quantitative estimate of drug-likeness (QED) is 0.129. The van der Waals surface area contributed by atoms with Gasteiger partial charge in [-0.3, -0.25) is 0 Å². The summed E-state index contributed by atoms with van der Waals surface area (Å²) in [4.78, 5) is 37.1. The monoisotopic (exact) mass is 530 g/mol. The first kappa shape index (κ1) is 28.0. The fourth-order valence-corrected chi connectivity index (χ4v) is 3.84. The third kappa shape index (κ3) is 6.81. The number of esters is 3. The van der Waals surface area contributed by atoms with Crippen LogP contribution >= 0.6 is 0 Å². The van der Waals surface area contributed by atoms with E-state index in [2.05, 4.69) is 4.74 Å². The van der Waals surface area contributed by atoms with Crippen molar-refractivity contribution in [3.8, 4) is 23.0 Å². The zero-order chi connectivity index (χ0) is 28.0. The molecule has 12 heteroatoms. The number of aliphatic hydroxyl groups is 2. The lowest BCUT2D eigenvalue weighted by Gasteiger charge is -2.41. The van der Waals surface area contributed by atoms with Crippen LogP contribution in [-0.2, 0) is 28.6 Å². The largest absolute Gasteiger partial charge is 0.504 e. The predicted molar refractivity (Wildman–Crippen MR) is 130 cm³/mol. The van der Waals surface area contributed by atoms with Crippen LogP contribution in [0.4, 0.5) is 0 Å². The van der Waals surface area contributed by atoms with Crippen molar-refractivity contribution in [2.24, 2.45) is 0 Å². The Morgan fingerprint density at radius 3 is 1.79 bits per heavy atom. The van der Waals surface area contributed by atoms with Crippen molar-refractivity contribution in [3.63, 3.8) is 0 Å². The zero-order valence-corrected chi connectivity index (χ0v) is 20.1. The van der Waals surface area contributed by atoms with Crippen LogP contribution in [0.2, 0.25) is 0 Å². The van der Waals surface area contributed by atoms with Crippen LogP contribution in [0.5, 0.6) is 23.0 Å². The number of carbonyl (C=O) groups excluding carboxylic acids is 3. The van der Waals surface area contributed by atoms with Crippen LogP contribution < -0.4 is 0 Å². The molecule has 0 amide bonds. The van der Waals surface area contributed by atoms with Crippen molar-refractivity contribution < 1.29 is 59.2 Å². The molecule has 12 nitrogen and oxygen atoms in total. The number of benzene rings is 2. The fraction of sp³-hybridized carbons (Fsp3) is 0.269. The molecule has 4 atom stereocenters. The summed E-state index contributed by atoms with van der Waals surface area (Å²) in [5.74, 6) is -4.57. The Balaban J connectivity index is 1.77. The number of methoxy groups -OCH3 is 1. The highest BCUT2D eigenvalue weighted by molar-refractivity contribution is 5.88. The molecule has 3 rings (SSSR count). The number of phenolic OH excluding ortho intramolecular Hbond substituents is 4. The molecular formula is C26H26O12. The molecule has 0 unspecified atom stereocenters. The van der Waals surface area contributed by atoms with Gasteiger partial charge in [-0.15, -0.1) is 0 Å². The molecule has 2 aromatic rings. The van der Waals surface area contributed by atoms with Gasteiger partial charge in [0.15, 0.2) is 34.7 Å². The summed E-state index contributed by atoms with van der Waals surface area (Å²) in [6, 6.07) is 7.61. The van der Waals surface area contributed by atoms with Gasteiger partial charge in [-0.1, -0.05) is 12.1 Å². The average Bonchev–Trinajstić information content (AvgIpc) is 2.87. The minimum atomic E-state index is -2.23. The second kappa shape index (κ2) is 11.7. The van der Waals surface area contributed by atoms with Gasteiger partial charge in [-0.2, -0.15) is 0 Å². The number of phenols is 4. The zero-order valence-electron chi connectivity index (χ0n) is 20.1. The van der Waals surface area contributed by atoms with E-state index < -0.39 is 66.2 Å². The number of rotatable bonds is 7. The third-order valence-electron chi connectivity index (χ3n) is 5.74. The lowest BCUT2D eigenvalue weighted by Crippen LogP contribution is -2.58. The van der Waals surface area contributed by atoms with Crippen molar-refractivity contribution in [3.05, 3.63) is 59.7 Å². The van der Waals surface area contributed by atoms with E-state index in [1.165, 1.54) is 48.6 Å². The van der Waals surface area contributed by atoms with Gasteiger partial charge in [0.25, 0.3) is 0 Å². The molecule has 6 N–H and O–H groups in total. The van der Waals surface area contributed by atoms with Crippen molar-refractivity contribution in [1.82, 2.24) is 0 Å².